The van der Waals surface area contributed by atoms with Crippen molar-refractivity contribution in [3.8, 4) is 0 Å². The largest absolute Gasteiger partial charge is 0.416 e. The van der Waals surface area contributed by atoms with Gasteiger partial charge in [0, 0.05) is 18.0 Å². The maximum atomic E-state index is 13.6. The number of nitrogens with zero attached hydrogens (tertiary/aromatic N) is 1. The summed E-state index contributed by atoms with van der Waals surface area (Å²) < 4.78 is 52.9. The zero-order valence-electron chi connectivity index (χ0n) is 10.5. The van der Waals surface area contributed by atoms with E-state index in [1.54, 1.807) is 0 Å². The van der Waals surface area contributed by atoms with Crippen LogP contribution in [0, 0.1) is 5.82 Å². The molecule has 112 valence electrons. The van der Waals surface area contributed by atoms with Gasteiger partial charge in [-0.1, -0.05) is 6.07 Å². The summed E-state index contributed by atoms with van der Waals surface area (Å²) in [6.45, 7) is 0. The molecule has 3 nitrogen and oxygen atoms in total. The van der Waals surface area contributed by atoms with Crippen molar-refractivity contribution in [3.05, 3.63) is 63.6 Å². The van der Waals surface area contributed by atoms with Gasteiger partial charge in [0.25, 0.3) is 0 Å². The highest BCUT2D eigenvalue weighted by atomic mass is 79.9. The van der Waals surface area contributed by atoms with Gasteiger partial charge in [-0.05, 0) is 39.7 Å². The summed E-state index contributed by atoms with van der Waals surface area (Å²) in [6.07, 6.45) is -2.45. The number of hydrogen-bond donors (Lipinski definition) is 2. The number of nitrogens with one attached hydrogen (secondary N) is 1. The standard InChI is InChI=1S/C13H10BrF4N3/c14-10-2-1-7(5-11(10)15)12(21-19)8-6-20-4-3-9(8)13(16,17)18/h1-6,12,21H,19H2. The number of rotatable bonds is 3. The molecule has 1 aromatic heterocycles. The molecule has 0 spiro atoms. The molecule has 21 heavy (non-hydrogen) atoms. The Kier molecular flexibility index (Phi) is 4.60. The van der Waals surface area contributed by atoms with Gasteiger partial charge in [-0.3, -0.25) is 10.8 Å². The van der Waals surface area contributed by atoms with E-state index < -0.39 is 23.6 Å². The summed E-state index contributed by atoms with van der Waals surface area (Å²) in [5.41, 5.74) is 1.49. The zero-order chi connectivity index (χ0) is 15.6. The van der Waals surface area contributed by atoms with Gasteiger partial charge >= 0.3 is 6.18 Å². The molecule has 1 unspecified atom stereocenters. The molecule has 0 saturated carbocycles. The highest BCUT2D eigenvalue weighted by Gasteiger charge is 2.35. The highest BCUT2D eigenvalue weighted by Crippen LogP contribution is 2.36. The van der Waals surface area contributed by atoms with Crippen molar-refractivity contribution < 1.29 is 17.6 Å². The second kappa shape index (κ2) is 6.08. The highest BCUT2D eigenvalue weighted by molar-refractivity contribution is 9.10. The molecule has 0 amide bonds. The third kappa shape index (κ3) is 3.39. The Bertz CT molecular complexity index is 646. The molecule has 1 heterocycles. The van der Waals surface area contributed by atoms with Gasteiger partial charge in [-0.15, -0.1) is 0 Å². The Morgan fingerprint density at radius 3 is 2.52 bits per heavy atom. The predicted molar refractivity (Wildman–Crippen MR) is 72.5 cm³/mol. The predicted octanol–water partition coefficient (Wildman–Crippen LogP) is 3.55. The molecule has 0 aliphatic rings. The van der Waals surface area contributed by atoms with Crippen LogP contribution < -0.4 is 11.3 Å². The van der Waals surface area contributed by atoms with Crippen LogP contribution in [0.2, 0.25) is 0 Å². The van der Waals surface area contributed by atoms with Crippen molar-refractivity contribution in [1.82, 2.24) is 10.4 Å². The van der Waals surface area contributed by atoms with Crippen LogP contribution in [0.1, 0.15) is 22.7 Å². The van der Waals surface area contributed by atoms with Crippen LogP contribution in [0.15, 0.2) is 41.1 Å². The van der Waals surface area contributed by atoms with Crippen molar-refractivity contribution in [2.75, 3.05) is 0 Å². The number of hydrazine groups is 1. The Hall–Kier alpha value is -1.51. The van der Waals surface area contributed by atoms with Gasteiger partial charge < -0.3 is 0 Å². The number of nitrogens with two attached hydrogens (primary N) is 1. The molecule has 8 heteroatoms. The number of halogens is 5. The lowest BCUT2D eigenvalue weighted by Gasteiger charge is -2.21. The van der Waals surface area contributed by atoms with E-state index in [4.69, 9.17) is 5.84 Å². The van der Waals surface area contributed by atoms with Crippen LogP contribution >= 0.6 is 15.9 Å². The van der Waals surface area contributed by atoms with E-state index in [0.717, 1.165) is 24.5 Å². The lowest BCUT2D eigenvalue weighted by Crippen LogP contribution is -2.30. The summed E-state index contributed by atoms with van der Waals surface area (Å²) in [5.74, 6) is 4.77. The Morgan fingerprint density at radius 1 is 1.24 bits per heavy atom. The topological polar surface area (TPSA) is 50.9 Å². The lowest BCUT2D eigenvalue weighted by molar-refractivity contribution is -0.138. The summed E-state index contributed by atoms with van der Waals surface area (Å²) in [7, 11) is 0. The van der Waals surface area contributed by atoms with Crippen LogP contribution in [0.5, 0.6) is 0 Å². The number of aromatic nitrogens is 1. The third-order valence-corrected chi connectivity index (χ3v) is 3.56. The first-order valence-corrected chi connectivity index (χ1v) is 6.56. The monoisotopic (exact) mass is 363 g/mol. The quantitative estimate of drug-likeness (QED) is 0.498. The average Bonchev–Trinajstić information content (AvgIpc) is 2.43. The SMILES string of the molecule is NNC(c1ccc(Br)c(F)c1)c1cnccc1C(F)(F)F. The van der Waals surface area contributed by atoms with E-state index in [1.807, 2.05) is 0 Å². The molecule has 0 aliphatic heterocycles. The van der Waals surface area contributed by atoms with Gasteiger partial charge in [0.1, 0.15) is 5.82 Å². The maximum Gasteiger partial charge on any atom is 0.416 e. The minimum absolute atomic E-state index is 0.172. The molecular formula is C13H10BrF4N3. The van der Waals surface area contributed by atoms with Gasteiger partial charge in [-0.2, -0.15) is 13.2 Å². The van der Waals surface area contributed by atoms with Crippen molar-refractivity contribution in [2.24, 2.45) is 5.84 Å². The molecule has 3 N–H and O–H groups in total. The third-order valence-electron chi connectivity index (χ3n) is 2.91. The van der Waals surface area contributed by atoms with Crippen LogP contribution in [-0.4, -0.2) is 4.98 Å². The number of benzene rings is 1. The lowest BCUT2D eigenvalue weighted by atomic mass is 9.96. The molecule has 2 rings (SSSR count). The maximum absolute atomic E-state index is 13.6. The molecule has 1 atom stereocenters. The molecular weight excluding hydrogens is 354 g/mol. The first-order valence-electron chi connectivity index (χ1n) is 5.76. The fraction of sp³-hybridized carbons (Fsp3) is 0.154. The zero-order valence-corrected chi connectivity index (χ0v) is 12.0. The first-order chi connectivity index (χ1) is 9.84. The van der Waals surface area contributed by atoms with Gasteiger partial charge in [0.15, 0.2) is 0 Å². The normalized spacial score (nSPS) is 13.2. The molecule has 0 aliphatic carbocycles. The summed E-state index contributed by atoms with van der Waals surface area (Å²) in [5, 5.41) is 0. The van der Waals surface area contributed by atoms with Crippen LogP contribution in [-0.2, 0) is 6.18 Å². The van der Waals surface area contributed by atoms with Gasteiger partial charge in [-0.25, -0.2) is 9.82 Å². The summed E-state index contributed by atoms with van der Waals surface area (Å²) >= 11 is 2.98. The number of pyridine rings is 1. The van der Waals surface area contributed by atoms with Crippen LogP contribution in [0.25, 0.3) is 0 Å². The molecule has 0 fully saturated rings. The fourth-order valence-electron chi connectivity index (χ4n) is 1.95. The molecule has 0 radical (unpaired) electrons. The van der Waals surface area contributed by atoms with E-state index in [-0.39, 0.29) is 15.6 Å². The summed E-state index contributed by atoms with van der Waals surface area (Å²) in [6, 6.07) is 3.82. The van der Waals surface area contributed by atoms with E-state index >= 15 is 0 Å². The van der Waals surface area contributed by atoms with Crippen molar-refractivity contribution in [2.45, 2.75) is 12.2 Å². The fourth-order valence-corrected chi connectivity index (χ4v) is 2.20. The Morgan fingerprint density at radius 2 is 1.95 bits per heavy atom. The smallest absolute Gasteiger partial charge is 0.271 e. The van der Waals surface area contributed by atoms with E-state index in [9.17, 15) is 17.6 Å². The van der Waals surface area contributed by atoms with Crippen molar-refractivity contribution >= 4 is 15.9 Å². The number of alkyl halides is 3. The Balaban J connectivity index is 2.54. The van der Waals surface area contributed by atoms with Gasteiger partial charge in [0.05, 0.1) is 16.1 Å². The minimum Gasteiger partial charge on any atom is -0.271 e. The second-order valence-corrected chi connectivity index (χ2v) is 5.09. The summed E-state index contributed by atoms with van der Waals surface area (Å²) in [4.78, 5) is 3.69. The van der Waals surface area contributed by atoms with Crippen molar-refractivity contribution in [1.29, 1.82) is 0 Å². The first kappa shape index (κ1) is 15.9. The molecule has 2 aromatic rings. The van der Waals surface area contributed by atoms with Crippen LogP contribution in [0.4, 0.5) is 17.6 Å². The van der Waals surface area contributed by atoms with E-state index in [2.05, 4.69) is 26.3 Å². The minimum atomic E-state index is -4.55. The average molecular weight is 364 g/mol. The van der Waals surface area contributed by atoms with E-state index in [1.165, 1.54) is 12.1 Å². The Labute approximate surface area is 126 Å². The number of hydrogen-bond acceptors (Lipinski definition) is 3. The van der Waals surface area contributed by atoms with Crippen LogP contribution in [0.3, 0.4) is 0 Å². The molecule has 1 aromatic carbocycles. The van der Waals surface area contributed by atoms with E-state index in [0.29, 0.717) is 0 Å². The molecule has 0 saturated heterocycles. The van der Waals surface area contributed by atoms with Gasteiger partial charge in [0.2, 0.25) is 0 Å². The molecule has 0 bridgehead atoms. The second-order valence-electron chi connectivity index (χ2n) is 4.23. The van der Waals surface area contributed by atoms with Crippen molar-refractivity contribution in [3.63, 3.8) is 0 Å².